The van der Waals surface area contributed by atoms with Crippen molar-refractivity contribution in [3.05, 3.63) is 0 Å². The zero-order valence-electron chi connectivity index (χ0n) is 12.3. The Kier molecular flexibility index (Phi) is 5.13. The van der Waals surface area contributed by atoms with E-state index in [4.69, 9.17) is 4.74 Å². The highest BCUT2D eigenvalue weighted by Gasteiger charge is 2.38. The molecule has 2 rings (SSSR count). The number of carbonyl (C=O) groups excluding carboxylic acids is 2. The van der Waals surface area contributed by atoms with Gasteiger partial charge in [0.25, 0.3) is 5.92 Å². The number of amides is 2. The van der Waals surface area contributed by atoms with E-state index in [1.165, 1.54) is 4.90 Å². The predicted molar refractivity (Wildman–Crippen MR) is 71.9 cm³/mol. The lowest BCUT2D eigenvalue weighted by atomic mass is 9.94. The van der Waals surface area contributed by atoms with Crippen LogP contribution in [0.2, 0.25) is 0 Å². The van der Waals surface area contributed by atoms with Crippen molar-refractivity contribution in [2.75, 3.05) is 39.9 Å². The number of piperidine rings is 2. The van der Waals surface area contributed by atoms with Crippen LogP contribution in [0.1, 0.15) is 25.7 Å². The Morgan fingerprint density at radius 2 is 2.05 bits per heavy atom. The topological polar surface area (TPSA) is 49.9 Å². The number of methoxy groups -OCH3 is 1. The van der Waals surface area contributed by atoms with Crippen LogP contribution in [-0.2, 0) is 14.3 Å². The average molecular weight is 304 g/mol. The summed E-state index contributed by atoms with van der Waals surface area (Å²) in [5.74, 6) is -2.99. The molecule has 0 aromatic carbocycles. The number of hydrogen-bond donors (Lipinski definition) is 0. The molecule has 5 nitrogen and oxygen atoms in total. The zero-order valence-corrected chi connectivity index (χ0v) is 12.3. The molecule has 0 saturated carbocycles. The Balaban J connectivity index is 1.89. The van der Waals surface area contributed by atoms with Gasteiger partial charge in [-0.25, -0.2) is 8.78 Å². The van der Waals surface area contributed by atoms with E-state index < -0.39 is 5.92 Å². The fourth-order valence-corrected chi connectivity index (χ4v) is 2.85. The van der Waals surface area contributed by atoms with E-state index in [0.29, 0.717) is 32.5 Å². The van der Waals surface area contributed by atoms with E-state index in [-0.39, 0.29) is 43.7 Å². The van der Waals surface area contributed by atoms with Gasteiger partial charge in [0.2, 0.25) is 11.8 Å². The molecule has 2 fully saturated rings. The first-order valence-electron chi connectivity index (χ1n) is 7.36. The third-order valence-electron chi connectivity index (χ3n) is 4.22. The van der Waals surface area contributed by atoms with Crippen LogP contribution in [-0.4, -0.2) is 67.4 Å². The van der Waals surface area contributed by atoms with Gasteiger partial charge in [-0.15, -0.1) is 0 Å². The molecule has 7 heteroatoms. The van der Waals surface area contributed by atoms with Crippen molar-refractivity contribution in [2.45, 2.75) is 31.6 Å². The van der Waals surface area contributed by atoms with Crippen LogP contribution in [0.4, 0.5) is 8.78 Å². The van der Waals surface area contributed by atoms with Gasteiger partial charge in [-0.05, 0) is 6.42 Å². The number of ether oxygens (including phenoxy) is 1. The molecule has 2 heterocycles. The lowest BCUT2D eigenvalue weighted by Crippen LogP contribution is -2.50. The Labute approximate surface area is 123 Å². The Morgan fingerprint density at radius 3 is 2.67 bits per heavy atom. The first-order valence-corrected chi connectivity index (χ1v) is 7.36. The molecule has 120 valence electrons. The van der Waals surface area contributed by atoms with Gasteiger partial charge in [-0.2, -0.15) is 0 Å². The maximum absolute atomic E-state index is 13.1. The van der Waals surface area contributed by atoms with Gasteiger partial charge in [0.1, 0.15) is 0 Å². The summed E-state index contributed by atoms with van der Waals surface area (Å²) in [6, 6.07) is 0. The first-order chi connectivity index (χ1) is 9.93. The van der Waals surface area contributed by atoms with E-state index in [9.17, 15) is 18.4 Å². The molecule has 1 atom stereocenters. The standard InChI is InChI=1S/C14H22F2N2O3/c1-21-9-8-18-10-11(2-3-12(18)19)13(20)17-6-4-14(15,16)5-7-17/h11H,2-10H2,1H3. The van der Waals surface area contributed by atoms with Crippen LogP contribution in [0, 0.1) is 5.92 Å². The molecule has 0 radical (unpaired) electrons. The molecule has 21 heavy (non-hydrogen) atoms. The van der Waals surface area contributed by atoms with E-state index in [2.05, 4.69) is 0 Å². The number of hydrogen-bond acceptors (Lipinski definition) is 3. The van der Waals surface area contributed by atoms with Crippen LogP contribution in [0.25, 0.3) is 0 Å². The average Bonchev–Trinajstić information content (AvgIpc) is 2.46. The maximum Gasteiger partial charge on any atom is 0.251 e. The molecule has 0 bridgehead atoms. The number of alkyl halides is 2. The summed E-state index contributed by atoms with van der Waals surface area (Å²) in [6.45, 7) is 1.48. The van der Waals surface area contributed by atoms with Crippen molar-refractivity contribution in [1.29, 1.82) is 0 Å². The quantitative estimate of drug-likeness (QED) is 0.782. The molecule has 0 aromatic rings. The zero-order chi connectivity index (χ0) is 15.5. The van der Waals surface area contributed by atoms with E-state index in [0.717, 1.165) is 0 Å². The minimum atomic E-state index is -2.65. The Hall–Kier alpha value is -1.24. The second-order valence-electron chi connectivity index (χ2n) is 5.75. The third-order valence-corrected chi connectivity index (χ3v) is 4.22. The summed E-state index contributed by atoms with van der Waals surface area (Å²) in [4.78, 5) is 27.3. The van der Waals surface area contributed by atoms with Crippen LogP contribution < -0.4 is 0 Å². The summed E-state index contributed by atoms with van der Waals surface area (Å²) in [6.07, 6.45) is 0.313. The monoisotopic (exact) mass is 304 g/mol. The molecule has 0 N–H and O–H groups in total. The summed E-state index contributed by atoms with van der Waals surface area (Å²) in [5, 5.41) is 0. The SMILES string of the molecule is COCCN1CC(C(=O)N2CCC(F)(F)CC2)CCC1=O. The summed E-state index contributed by atoms with van der Waals surface area (Å²) in [7, 11) is 1.56. The fraction of sp³-hybridized carbons (Fsp3) is 0.857. The molecule has 2 aliphatic rings. The summed E-state index contributed by atoms with van der Waals surface area (Å²) < 4.78 is 31.2. The van der Waals surface area contributed by atoms with Gasteiger partial charge >= 0.3 is 0 Å². The molecule has 2 aliphatic heterocycles. The molecular formula is C14H22F2N2O3. The van der Waals surface area contributed by atoms with Crippen molar-refractivity contribution in [1.82, 2.24) is 9.80 Å². The largest absolute Gasteiger partial charge is 0.383 e. The number of carbonyl (C=O) groups is 2. The highest BCUT2D eigenvalue weighted by Crippen LogP contribution is 2.29. The third kappa shape index (κ3) is 4.12. The fourth-order valence-electron chi connectivity index (χ4n) is 2.85. The molecular weight excluding hydrogens is 282 g/mol. The molecule has 0 aromatic heterocycles. The van der Waals surface area contributed by atoms with Crippen LogP contribution >= 0.6 is 0 Å². The number of rotatable bonds is 4. The molecule has 0 spiro atoms. The lowest BCUT2D eigenvalue weighted by molar-refractivity contribution is -0.147. The Bertz CT molecular complexity index is 394. The van der Waals surface area contributed by atoms with Gasteiger partial charge in [0.05, 0.1) is 12.5 Å². The summed E-state index contributed by atoms with van der Waals surface area (Å²) >= 11 is 0. The second-order valence-corrected chi connectivity index (χ2v) is 5.75. The predicted octanol–water partition coefficient (Wildman–Crippen LogP) is 1.13. The van der Waals surface area contributed by atoms with Crippen molar-refractivity contribution in [3.8, 4) is 0 Å². The minimum absolute atomic E-state index is 0.0290. The van der Waals surface area contributed by atoms with Gasteiger partial charge in [0.15, 0.2) is 0 Å². The van der Waals surface area contributed by atoms with E-state index in [1.54, 1.807) is 12.0 Å². The van der Waals surface area contributed by atoms with E-state index >= 15 is 0 Å². The van der Waals surface area contributed by atoms with Crippen molar-refractivity contribution >= 4 is 11.8 Å². The van der Waals surface area contributed by atoms with Crippen LogP contribution in [0.3, 0.4) is 0 Å². The first kappa shape index (κ1) is 16.1. The summed E-state index contributed by atoms with van der Waals surface area (Å²) in [5.41, 5.74) is 0. The maximum atomic E-state index is 13.1. The van der Waals surface area contributed by atoms with Gasteiger partial charge in [-0.3, -0.25) is 9.59 Å². The van der Waals surface area contributed by atoms with Gasteiger partial charge in [0, 0.05) is 52.6 Å². The normalized spacial score (nSPS) is 26.0. The highest BCUT2D eigenvalue weighted by molar-refractivity contribution is 5.84. The molecule has 2 saturated heterocycles. The van der Waals surface area contributed by atoms with Gasteiger partial charge < -0.3 is 14.5 Å². The lowest BCUT2D eigenvalue weighted by Gasteiger charge is -2.37. The number of halogens is 2. The van der Waals surface area contributed by atoms with Crippen molar-refractivity contribution in [2.24, 2.45) is 5.92 Å². The minimum Gasteiger partial charge on any atom is -0.383 e. The molecule has 0 aliphatic carbocycles. The smallest absolute Gasteiger partial charge is 0.251 e. The Morgan fingerprint density at radius 1 is 1.38 bits per heavy atom. The van der Waals surface area contributed by atoms with Crippen molar-refractivity contribution in [3.63, 3.8) is 0 Å². The van der Waals surface area contributed by atoms with Crippen molar-refractivity contribution < 1.29 is 23.1 Å². The highest BCUT2D eigenvalue weighted by atomic mass is 19.3. The number of nitrogens with zero attached hydrogens (tertiary/aromatic N) is 2. The molecule has 2 amide bonds. The van der Waals surface area contributed by atoms with E-state index in [1.807, 2.05) is 0 Å². The van der Waals surface area contributed by atoms with Crippen LogP contribution in [0.15, 0.2) is 0 Å². The number of likely N-dealkylation sites (tertiary alicyclic amines) is 2. The van der Waals surface area contributed by atoms with Crippen LogP contribution in [0.5, 0.6) is 0 Å². The second kappa shape index (κ2) is 6.68. The molecule has 1 unspecified atom stereocenters. The van der Waals surface area contributed by atoms with Gasteiger partial charge in [-0.1, -0.05) is 0 Å².